The Labute approximate surface area is 169 Å². The number of nitrogens with two attached hydrogens (primary N) is 1. The van der Waals surface area contributed by atoms with E-state index in [4.69, 9.17) is 10.5 Å². The molecule has 1 aliphatic carbocycles. The van der Waals surface area contributed by atoms with Crippen LogP contribution in [-0.4, -0.2) is 41.1 Å². The Hall–Kier alpha value is -2.97. The van der Waals surface area contributed by atoms with Crippen LogP contribution in [0.3, 0.4) is 0 Å². The van der Waals surface area contributed by atoms with Crippen LogP contribution in [0.25, 0.3) is 0 Å². The Kier molecular flexibility index (Phi) is 6.46. The minimum absolute atomic E-state index is 0.0360. The summed E-state index contributed by atoms with van der Waals surface area (Å²) >= 11 is 0. The fourth-order valence-electron chi connectivity index (χ4n) is 3.96. The van der Waals surface area contributed by atoms with Crippen LogP contribution in [0, 0.1) is 11.7 Å². The van der Waals surface area contributed by atoms with Gasteiger partial charge >= 0.3 is 6.01 Å². The highest BCUT2D eigenvalue weighted by atomic mass is 19.1. The van der Waals surface area contributed by atoms with Crippen molar-refractivity contribution in [1.29, 1.82) is 0 Å². The molecule has 0 spiro atoms. The third-order valence-corrected chi connectivity index (χ3v) is 5.52. The summed E-state index contributed by atoms with van der Waals surface area (Å²) in [6.45, 7) is 2.16. The summed E-state index contributed by atoms with van der Waals surface area (Å²) in [5.74, 6) is -0.502. The van der Waals surface area contributed by atoms with Gasteiger partial charge in [0.05, 0.1) is 30.8 Å². The predicted molar refractivity (Wildman–Crippen MR) is 109 cm³/mol. The summed E-state index contributed by atoms with van der Waals surface area (Å²) in [4.78, 5) is 26.2. The number of nitrogens with zero attached hydrogens (tertiary/aromatic N) is 4. The van der Waals surface area contributed by atoms with Crippen molar-refractivity contribution in [3.8, 4) is 6.01 Å². The standard InChI is InChI=1S/C20H27FN6O2/c1-4-12-7-5-6-8-16(12)27(2)19-15(21)9-14(17(22)28)18(26-19)25-13-10-23-20(29-3)24-11-13/h9-12,16H,4-8H2,1-3H3,(H2,22,28)(H,25,26). The minimum Gasteiger partial charge on any atom is -0.467 e. The molecule has 8 nitrogen and oxygen atoms in total. The molecule has 3 rings (SSSR count). The third-order valence-electron chi connectivity index (χ3n) is 5.52. The smallest absolute Gasteiger partial charge is 0.316 e. The number of methoxy groups -OCH3 is 1. The maximum Gasteiger partial charge on any atom is 0.316 e. The number of nitrogens with one attached hydrogen (secondary N) is 1. The summed E-state index contributed by atoms with van der Waals surface area (Å²) in [6, 6.07) is 1.55. The van der Waals surface area contributed by atoms with Crippen molar-refractivity contribution in [2.75, 3.05) is 24.4 Å². The van der Waals surface area contributed by atoms with E-state index >= 15 is 0 Å². The fraction of sp³-hybridized carbons (Fsp3) is 0.500. The van der Waals surface area contributed by atoms with E-state index in [1.807, 2.05) is 11.9 Å². The number of ether oxygens (including phenoxy) is 1. The van der Waals surface area contributed by atoms with Crippen LogP contribution in [0.1, 0.15) is 49.4 Å². The van der Waals surface area contributed by atoms with Crippen LogP contribution in [0.15, 0.2) is 18.5 Å². The van der Waals surface area contributed by atoms with Crippen molar-refractivity contribution in [2.24, 2.45) is 11.7 Å². The molecule has 9 heteroatoms. The van der Waals surface area contributed by atoms with Crippen LogP contribution in [0.2, 0.25) is 0 Å². The fourth-order valence-corrected chi connectivity index (χ4v) is 3.96. The highest BCUT2D eigenvalue weighted by Crippen LogP contribution is 2.34. The molecule has 1 aliphatic rings. The van der Waals surface area contributed by atoms with Crippen molar-refractivity contribution >= 4 is 23.2 Å². The number of pyridine rings is 1. The topological polar surface area (TPSA) is 106 Å². The van der Waals surface area contributed by atoms with Crippen molar-refractivity contribution < 1.29 is 13.9 Å². The van der Waals surface area contributed by atoms with Crippen molar-refractivity contribution in [3.63, 3.8) is 0 Å². The SMILES string of the molecule is CCC1CCCCC1N(C)c1nc(Nc2cnc(OC)nc2)c(C(N)=O)cc1F. The molecular weight excluding hydrogens is 375 g/mol. The van der Waals surface area contributed by atoms with E-state index in [9.17, 15) is 9.18 Å². The summed E-state index contributed by atoms with van der Waals surface area (Å²) < 4.78 is 19.8. The van der Waals surface area contributed by atoms with E-state index in [0.29, 0.717) is 11.6 Å². The summed E-state index contributed by atoms with van der Waals surface area (Å²) in [6.07, 6.45) is 8.43. The van der Waals surface area contributed by atoms with Gasteiger partial charge in [-0.2, -0.15) is 0 Å². The monoisotopic (exact) mass is 402 g/mol. The highest BCUT2D eigenvalue weighted by molar-refractivity contribution is 5.98. The first-order valence-electron chi connectivity index (χ1n) is 9.80. The molecule has 2 atom stereocenters. The molecule has 0 radical (unpaired) electrons. The molecule has 2 unspecified atom stereocenters. The molecular formula is C20H27FN6O2. The van der Waals surface area contributed by atoms with Gasteiger partial charge in [-0.15, -0.1) is 0 Å². The number of anilines is 3. The van der Waals surface area contributed by atoms with Crippen LogP contribution in [-0.2, 0) is 0 Å². The molecule has 1 amide bonds. The quantitative estimate of drug-likeness (QED) is 0.732. The van der Waals surface area contributed by atoms with Crippen LogP contribution in [0.4, 0.5) is 21.7 Å². The van der Waals surface area contributed by atoms with Crippen molar-refractivity contribution in [2.45, 2.75) is 45.1 Å². The molecule has 1 fully saturated rings. The number of rotatable bonds is 7. The maximum atomic E-state index is 14.9. The Morgan fingerprint density at radius 3 is 2.66 bits per heavy atom. The molecule has 0 bridgehead atoms. The molecule has 0 aliphatic heterocycles. The molecule has 3 N–H and O–H groups in total. The molecule has 2 aromatic rings. The molecule has 2 aromatic heterocycles. The molecule has 0 aromatic carbocycles. The van der Waals surface area contributed by atoms with Gasteiger partial charge in [0.25, 0.3) is 5.91 Å². The highest BCUT2D eigenvalue weighted by Gasteiger charge is 2.30. The Morgan fingerprint density at radius 2 is 2.03 bits per heavy atom. The zero-order valence-corrected chi connectivity index (χ0v) is 17.0. The second-order valence-electron chi connectivity index (χ2n) is 7.27. The van der Waals surface area contributed by atoms with E-state index in [-0.39, 0.29) is 29.3 Å². The van der Waals surface area contributed by atoms with Crippen LogP contribution >= 0.6 is 0 Å². The number of halogens is 1. The number of carbonyl (C=O) groups excluding carboxylic acids is 1. The van der Waals surface area contributed by atoms with Gasteiger partial charge in [-0.3, -0.25) is 4.79 Å². The normalized spacial score (nSPS) is 18.9. The lowest BCUT2D eigenvalue weighted by Crippen LogP contribution is -2.41. The van der Waals surface area contributed by atoms with Crippen LogP contribution < -0.4 is 20.7 Å². The average Bonchev–Trinajstić information content (AvgIpc) is 2.74. The molecule has 156 valence electrons. The Bertz CT molecular complexity index is 861. The van der Waals surface area contributed by atoms with E-state index < -0.39 is 11.7 Å². The second-order valence-corrected chi connectivity index (χ2v) is 7.27. The summed E-state index contributed by atoms with van der Waals surface area (Å²) in [5, 5.41) is 2.97. The zero-order valence-electron chi connectivity index (χ0n) is 17.0. The third kappa shape index (κ3) is 4.55. The Balaban J connectivity index is 1.95. The van der Waals surface area contributed by atoms with E-state index in [1.54, 1.807) is 0 Å². The lowest BCUT2D eigenvalue weighted by Gasteiger charge is -2.38. The summed E-state index contributed by atoms with van der Waals surface area (Å²) in [5.41, 5.74) is 5.89. The summed E-state index contributed by atoms with van der Waals surface area (Å²) in [7, 11) is 3.32. The first-order valence-corrected chi connectivity index (χ1v) is 9.80. The van der Waals surface area contributed by atoms with Gasteiger partial charge in [-0.05, 0) is 24.8 Å². The van der Waals surface area contributed by atoms with Gasteiger partial charge in [0.2, 0.25) is 0 Å². The van der Waals surface area contributed by atoms with Gasteiger partial charge in [0.1, 0.15) is 5.82 Å². The van der Waals surface area contributed by atoms with E-state index in [1.165, 1.54) is 25.9 Å². The Morgan fingerprint density at radius 1 is 1.34 bits per heavy atom. The molecule has 1 saturated carbocycles. The van der Waals surface area contributed by atoms with Crippen molar-refractivity contribution in [1.82, 2.24) is 15.0 Å². The van der Waals surface area contributed by atoms with Gasteiger partial charge < -0.3 is 20.7 Å². The van der Waals surface area contributed by atoms with E-state index in [0.717, 1.165) is 31.7 Å². The first-order chi connectivity index (χ1) is 13.9. The number of carbonyl (C=O) groups is 1. The van der Waals surface area contributed by atoms with Crippen molar-refractivity contribution in [3.05, 3.63) is 29.8 Å². The number of aromatic nitrogens is 3. The largest absolute Gasteiger partial charge is 0.467 e. The average molecular weight is 402 g/mol. The van der Waals surface area contributed by atoms with Gasteiger partial charge in [-0.25, -0.2) is 19.3 Å². The van der Waals surface area contributed by atoms with Gasteiger partial charge in [-0.1, -0.05) is 26.2 Å². The molecule has 0 saturated heterocycles. The van der Waals surface area contributed by atoms with Gasteiger partial charge in [0.15, 0.2) is 11.6 Å². The number of amides is 1. The number of primary amides is 1. The number of hydrogen-bond acceptors (Lipinski definition) is 7. The lowest BCUT2D eigenvalue weighted by molar-refractivity contribution is 0.100. The molecule has 2 heterocycles. The second kappa shape index (κ2) is 9.02. The number of hydrogen-bond donors (Lipinski definition) is 2. The van der Waals surface area contributed by atoms with Gasteiger partial charge in [0, 0.05) is 13.1 Å². The minimum atomic E-state index is -0.772. The maximum absolute atomic E-state index is 14.9. The molecule has 29 heavy (non-hydrogen) atoms. The lowest BCUT2D eigenvalue weighted by atomic mass is 9.82. The van der Waals surface area contributed by atoms with E-state index in [2.05, 4.69) is 27.2 Å². The van der Waals surface area contributed by atoms with Crippen LogP contribution in [0.5, 0.6) is 6.01 Å². The zero-order chi connectivity index (χ0) is 21.0. The first kappa shape index (κ1) is 20.8. The predicted octanol–water partition coefficient (Wildman–Crippen LogP) is 3.27.